The van der Waals surface area contributed by atoms with Crippen LogP contribution in [0, 0.1) is 0 Å². The predicted octanol–water partition coefficient (Wildman–Crippen LogP) is 4.12. The summed E-state index contributed by atoms with van der Waals surface area (Å²) in [7, 11) is 0. The first-order valence-electron chi connectivity index (χ1n) is 10.7. The Hall–Kier alpha value is -3.66. The van der Waals surface area contributed by atoms with Crippen LogP contribution in [0.15, 0.2) is 57.9 Å². The summed E-state index contributed by atoms with van der Waals surface area (Å²) in [5.41, 5.74) is 4.93. The number of H-pyrrole nitrogens is 2. The highest BCUT2D eigenvalue weighted by Gasteiger charge is 2.17. The predicted molar refractivity (Wildman–Crippen MR) is 129 cm³/mol. The number of rotatable bonds is 7. The number of aromatic amines is 2. The van der Waals surface area contributed by atoms with Gasteiger partial charge in [-0.25, -0.2) is 10.1 Å². The molecule has 0 amide bonds. The van der Waals surface area contributed by atoms with Gasteiger partial charge in [-0.3, -0.25) is 4.79 Å². The maximum Gasteiger partial charge on any atom is 0.290 e. The van der Waals surface area contributed by atoms with Crippen molar-refractivity contribution in [2.75, 3.05) is 0 Å². The van der Waals surface area contributed by atoms with Crippen molar-refractivity contribution in [1.82, 2.24) is 40.4 Å². The van der Waals surface area contributed by atoms with Gasteiger partial charge >= 0.3 is 0 Å². The Morgan fingerprint density at radius 1 is 1.03 bits per heavy atom. The first-order valence-corrected chi connectivity index (χ1v) is 11.5. The van der Waals surface area contributed by atoms with Crippen LogP contribution in [-0.2, 0) is 13.0 Å². The van der Waals surface area contributed by atoms with E-state index in [-0.39, 0.29) is 5.56 Å². The van der Waals surface area contributed by atoms with Gasteiger partial charge in [0.05, 0.1) is 0 Å². The van der Waals surface area contributed by atoms with Crippen molar-refractivity contribution < 1.29 is 0 Å². The molecule has 5 aromatic rings. The number of tetrazole rings is 1. The molecule has 3 heterocycles. The van der Waals surface area contributed by atoms with Gasteiger partial charge in [-0.05, 0) is 44.3 Å². The molecular weight excluding hydrogens is 484 g/mol. The lowest BCUT2D eigenvalue weighted by Crippen LogP contribution is -2.15. The van der Waals surface area contributed by atoms with Gasteiger partial charge in [0.1, 0.15) is 16.9 Å². The number of benzene rings is 2. The van der Waals surface area contributed by atoms with E-state index in [1.807, 2.05) is 28.8 Å². The van der Waals surface area contributed by atoms with Gasteiger partial charge in [0.15, 0.2) is 4.60 Å². The molecule has 166 valence electrons. The Morgan fingerprint density at radius 2 is 1.82 bits per heavy atom. The van der Waals surface area contributed by atoms with Gasteiger partial charge in [0.2, 0.25) is 5.82 Å². The zero-order chi connectivity index (χ0) is 22.8. The van der Waals surface area contributed by atoms with Gasteiger partial charge < -0.3 is 4.57 Å². The zero-order valence-electron chi connectivity index (χ0n) is 17.9. The average Bonchev–Trinajstić information content (AvgIpc) is 3.50. The van der Waals surface area contributed by atoms with E-state index in [9.17, 15) is 4.79 Å². The Kier molecular flexibility index (Phi) is 5.82. The molecule has 0 saturated heterocycles. The molecule has 10 heteroatoms. The Labute approximate surface area is 197 Å². The summed E-state index contributed by atoms with van der Waals surface area (Å²) < 4.78 is 2.54. The van der Waals surface area contributed by atoms with Crippen molar-refractivity contribution in [3.8, 4) is 22.5 Å². The van der Waals surface area contributed by atoms with Crippen LogP contribution < -0.4 is 5.56 Å². The molecule has 2 N–H and O–H groups in total. The molecular formula is C23H21BrN8O. The molecule has 5 rings (SSSR count). The van der Waals surface area contributed by atoms with E-state index >= 15 is 0 Å². The molecule has 0 radical (unpaired) electrons. The molecule has 33 heavy (non-hydrogen) atoms. The Morgan fingerprint density at radius 3 is 2.55 bits per heavy atom. The lowest BCUT2D eigenvalue weighted by molar-refractivity contribution is 0.688. The van der Waals surface area contributed by atoms with Gasteiger partial charge in [-0.15, -0.1) is 10.2 Å². The van der Waals surface area contributed by atoms with Crippen LogP contribution in [0.3, 0.4) is 0 Å². The highest BCUT2D eigenvalue weighted by Crippen LogP contribution is 2.30. The number of fused-ring (bicyclic) bond motifs is 1. The summed E-state index contributed by atoms with van der Waals surface area (Å²) in [6.07, 6.45) is 2.85. The summed E-state index contributed by atoms with van der Waals surface area (Å²) in [6, 6.07) is 16.2. The smallest absolute Gasteiger partial charge is 0.290 e. The third-order valence-electron chi connectivity index (χ3n) is 5.59. The lowest BCUT2D eigenvalue weighted by Gasteiger charge is -2.11. The second-order valence-electron chi connectivity index (χ2n) is 7.74. The van der Waals surface area contributed by atoms with E-state index in [2.05, 4.69) is 77.9 Å². The van der Waals surface area contributed by atoms with Crippen LogP contribution in [0.5, 0.6) is 0 Å². The maximum absolute atomic E-state index is 12.6. The molecule has 0 atom stereocenters. The van der Waals surface area contributed by atoms with Crippen molar-refractivity contribution in [3.05, 3.63) is 74.9 Å². The first kappa shape index (κ1) is 21.2. The van der Waals surface area contributed by atoms with Crippen LogP contribution in [0.1, 0.15) is 31.2 Å². The fourth-order valence-electron chi connectivity index (χ4n) is 3.95. The van der Waals surface area contributed by atoms with Crippen LogP contribution in [-0.4, -0.2) is 40.4 Å². The second kappa shape index (κ2) is 9.07. The van der Waals surface area contributed by atoms with Gasteiger partial charge in [-0.2, -0.15) is 10.3 Å². The summed E-state index contributed by atoms with van der Waals surface area (Å²) in [4.78, 5) is 17.3. The SMILES string of the molecule is CCCCc1nc2c(Br)n[nH]c(=O)c2n1Cc1ccc(-c2ccccc2-c2nn[nH]n2)cc1. The molecule has 0 aliphatic heterocycles. The minimum absolute atomic E-state index is 0.242. The number of imidazole rings is 1. The average molecular weight is 505 g/mol. The van der Waals surface area contributed by atoms with Crippen molar-refractivity contribution in [1.29, 1.82) is 0 Å². The number of halogens is 1. The first-order chi connectivity index (χ1) is 16.2. The number of hydrogen-bond donors (Lipinski definition) is 2. The van der Waals surface area contributed by atoms with Gasteiger partial charge in [0, 0.05) is 18.5 Å². The Bertz CT molecular complexity index is 1450. The quantitative estimate of drug-likeness (QED) is 0.344. The van der Waals surface area contributed by atoms with E-state index in [1.54, 1.807) is 0 Å². The number of unbranched alkanes of at least 4 members (excludes halogenated alkanes) is 1. The number of aryl methyl sites for hydroxylation is 1. The van der Waals surface area contributed by atoms with Crippen molar-refractivity contribution in [3.63, 3.8) is 0 Å². The van der Waals surface area contributed by atoms with Gasteiger partial charge in [-0.1, -0.05) is 61.9 Å². The number of hydrogen-bond acceptors (Lipinski definition) is 6. The fraction of sp³-hybridized carbons (Fsp3) is 0.217. The largest absolute Gasteiger partial charge is 0.319 e. The molecule has 2 aromatic carbocycles. The van der Waals surface area contributed by atoms with E-state index < -0.39 is 0 Å². The molecule has 0 unspecified atom stereocenters. The third-order valence-corrected chi connectivity index (χ3v) is 6.14. The molecule has 0 spiro atoms. The molecule has 0 aliphatic rings. The monoisotopic (exact) mass is 504 g/mol. The summed E-state index contributed by atoms with van der Waals surface area (Å²) >= 11 is 3.42. The third kappa shape index (κ3) is 4.09. The molecule has 0 bridgehead atoms. The van der Waals surface area contributed by atoms with Crippen LogP contribution in [0.4, 0.5) is 0 Å². The van der Waals surface area contributed by atoms with E-state index in [1.165, 1.54) is 0 Å². The number of nitrogens with one attached hydrogen (secondary N) is 2. The molecule has 0 saturated carbocycles. The fourth-order valence-corrected chi connectivity index (χ4v) is 4.32. The normalized spacial score (nSPS) is 11.3. The summed E-state index contributed by atoms with van der Waals surface area (Å²) in [6.45, 7) is 2.68. The standard InChI is InChI=1S/C23H21BrN8O/c1-2-3-8-18-25-19-20(23(33)29-26-21(19)24)32(18)13-14-9-11-15(12-10-14)16-6-4-5-7-17(16)22-27-30-31-28-22/h4-7,9-12H,2-3,8,13H2,1H3,(H,29,33)(H,27,28,30,31). The molecule has 9 nitrogen and oxygen atoms in total. The Balaban J connectivity index is 1.51. The second-order valence-corrected chi connectivity index (χ2v) is 8.49. The summed E-state index contributed by atoms with van der Waals surface area (Å²) in [5.74, 6) is 1.44. The van der Waals surface area contributed by atoms with Gasteiger partial charge in [0.25, 0.3) is 5.56 Å². The van der Waals surface area contributed by atoms with Crippen molar-refractivity contribution in [2.24, 2.45) is 0 Å². The minimum atomic E-state index is -0.242. The number of aromatic nitrogens is 8. The van der Waals surface area contributed by atoms with E-state index in [0.717, 1.165) is 47.3 Å². The topological polar surface area (TPSA) is 118 Å². The van der Waals surface area contributed by atoms with E-state index in [4.69, 9.17) is 4.98 Å². The highest BCUT2D eigenvalue weighted by atomic mass is 79.9. The maximum atomic E-state index is 12.6. The molecule has 0 aliphatic carbocycles. The number of nitrogens with zero attached hydrogens (tertiary/aromatic N) is 6. The lowest BCUT2D eigenvalue weighted by atomic mass is 9.98. The van der Waals surface area contributed by atoms with E-state index in [0.29, 0.717) is 28.0 Å². The van der Waals surface area contributed by atoms with Crippen LogP contribution >= 0.6 is 15.9 Å². The van der Waals surface area contributed by atoms with Crippen molar-refractivity contribution in [2.45, 2.75) is 32.7 Å². The van der Waals surface area contributed by atoms with Crippen molar-refractivity contribution >= 4 is 27.0 Å². The van der Waals surface area contributed by atoms with Crippen LogP contribution in [0.25, 0.3) is 33.5 Å². The van der Waals surface area contributed by atoms with Crippen LogP contribution in [0.2, 0.25) is 0 Å². The summed E-state index contributed by atoms with van der Waals surface area (Å²) in [5, 5.41) is 21.0. The molecule has 0 fully saturated rings. The molecule has 3 aromatic heterocycles. The zero-order valence-corrected chi connectivity index (χ0v) is 19.5. The highest BCUT2D eigenvalue weighted by molar-refractivity contribution is 9.10. The minimum Gasteiger partial charge on any atom is -0.319 e.